The van der Waals surface area contributed by atoms with Gasteiger partial charge in [-0.05, 0) is 24.6 Å². The lowest BCUT2D eigenvalue weighted by atomic mass is 10.3. The normalized spacial score (nSPS) is 11.3. The predicted molar refractivity (Wildman–Crippen MR) is 86.5 cm³/mol. The van der Waals surface area contributed by atoms with Crippen molar-refractivity contribution >= 4 is 38.6 Å². The molecule has 0 N–H and O–H groups in total. The molecule has 0 bridgehead atoms. The number of halogens is 2. The van der Waals surface area contributed by atoms with Crippen molar-refractivity contribution in [1.29, 1.82) is 0 Å². The number of alkyl halides is 1. The number of nitrogens with zero attached hydrogens (tertiary/aromatic N) is 5. The van der Waals surface area contributed by atoms with Crippen LogP contribution in [0.5, 0.6) is 0 Å². The zero-order chi connectivity index (χ0) is 14.7. The average Bonchev–Trinajstić information content (AvgIpc) is 3.08. The molecule has 0 aliphatic heterocycles. The van der Waals surface area contributed by atoms with Crippen LogP contribution in [-0.2, 0) is 19.5 Å². The van der Waals surface area contributed by atoms with Gasteiger partial charge in [0.25, 0.3) is 0 Å². The molecular weight excluding hydrogens is 354 g/mol. The van der Waals surface area contributed by atoms with Crippen LogP contribution in [-0.4, -0.2) is 30.4 Å². The van der Waals surface area contributed by atoms with Gasteiger partial charge in [-0.25, -0.2) is 4.98 Å². The van der Waals surface area contributed by atoms with E-state index in [2.05, 4.69) is 41.9 Å². The smallest absolute Gasteiger partial charge is 0.111 e. The first kappa shape index (κ1) is 14.5. The molecule has 0 aliphatic carbocycles. The maximum absolute atomic E-state index is 5.90. The molecule has 0 saturated heterocycles. The van der Waals surface area contributed by atoms with Crippen molar-refractivity contribution in [2.75, 3.05) is 5.88 Å². The largest absolute Gasteiger partial charge is 0.328 e. The maximum atomic E-state index is 5.90. The molecule has 0 amide bonds. The minimum atomic E-state index is 0.577. The third-order valence-corrected chi connectivity index (χ3v) is 4.03. The van der Waals surface area contributed by atoms with E-state index in [0.717, 1.165) is 47.3 Å². The van der Waals surface area contributed by atoms with Gasteiger partial charge in [-0.3, -0.25) is 4.68 Å². The highest BCUT2D eigenvalue weighted by Crippen LogP contribution is 2.22. The van der Waals surface area contributed by atoms with Crippen molar-refractivity contribution in [2.45, 2.75) is 25.9 Å². The van der Waals surface area contributed by atoms with Gasteiger partial charge >= 0.3 is 0 Å². The van der Waals surface area contributed by atoms with Crippen LogP contribution in [0.1, 0.15) is 12.2 Å². The molecule has 1 aromatic carbocycles. The molecule has 2 aromatic heterocycles. The molecule has 0 fully saturated rings. The van der Waals surface area contributed by atoms with E-state index in [1.165, 1.54) is 0 Å². The molecule has 0 saturated carbocycles. The summed E-state index contributed by atoms with van der Waals surface area (Å²) in [5.41, 5.74) is 2.15. The Labute approximate surface area is 136 Å². The Bertz CT molecular complexity index is 722. The summed E-state index contributed by atoms with van der Waals surface area (Å²) in [6, 6.07) is 6.15. The number of fused-ring (bicyclic) bond motifs is 1. The second-order valence-corrected chi connectivity index (χ2v) is 6.07. The summed E-state index contributed by atoms with van der Waals surface area (Å²) >= 11 is 9.42. The summed E-state index contributed by atoms with van der Waals surface area (Å²) in [6.45, 7) is 1.73. The first-order valence-electron chi connectivity index (χ1n) is 6.82. The lowest BCUT2D eigenvalue weighted by Crippen LogP contribution is -2.08. The summed E-state index contributed by atoms with van der Waals surface area (Å²) in [4.78, 5) is 4.68. The Balaban J connectivity index is 1.83. The van der Waals surface area contributed by atoms with E-state index in [1.807, 2.05) is 23.0 Å². The van der Waals surface area contributed by atoms with Gasteiger partial charge in [0, 0.05) is 36.1 Å². The zero-order valence-corrected chi connectivity index (χ0v) is 13.8. The standard InChI is InChI=1S/C14H15BrClN5/c15-11-2-3-12-13(10-11)21(14(18-12)4-5-16)8-1-7-20-9-6-17-19-20/h2-3,6,9-10H,1,4-5,7-8H2. The van der Waals surface area contributed by atoms with Gasteiger partial charge in [0.05, 0.1) is 17.2 Å². The predicted octanol–water partition coefficient (Wildman–Crippen LogP) is 3.26. The molecule has 3 aromatic rings. The van der Waals surface area contributed by atoms with Crippen molar-refractivity contribution in [2.24, 2.45) is 0 Å². The number of aromatic nitrogens is 5. The van der Waals surface area contributed by atoms with Gasteiger partial charge in [-0.2, -0.15) is 0 Å². The van der Waals surface area contributed by atoms with Crippen molar-refractivity contribution < 1.29 is 0 Å². The third-order valence-electron chi connectivity index (χ3n) is 3.35. The molecular formula is C14H15BrClN5. The Hall–Kier alpha value is -1.40. The molecule has 110 valence electrons. The van der Waals surface area contributed by atoms with Gasteiger partial charge in [0.15, 0.2) is 0 Å². The number of aryl methyl sites for hydroxylation is 3. The van der Waals surface area contributed by atoms with Gasteiger partial charge in [0.1, 0.15) is 5.82 Å². The van der Waals surface area contributed by atoms with E-state index in [-0.39, 0.29) is 0 Å². The monoisotopic (exact) mass is 367 g/mol. The van der Waals surface area contributed by atoms with E-state index in [0.29, 0.717) is 5.88 Å². The molecule has 21 heavy (non-hydrogen) atoms. The fourth-order valence-electron chi connectivity index (χ4n) is 2.41. The van der Waals surface area contributed by atoms with Crippen LogP contribution in [0.2, 0.25) is 0 Å². The van der Waals surface area contributed by atoms with Gasteiger partial charge in [-0.15, -0.1) is 16.7 Å². The molecule has 0 unspecified atom stereocenters. The molecule has 7 heteroatoms. The molecule has 0 radical (unpaired) electrons. The number of hydrogen-bond acceptors (Lipinski definition) is 3. The summed E-state index contributed by atoms with van der Waals surface area (Å²) in [6.07, 6.45) is 5.32. The van der Waals surface area contributed by atoms with Crippen LogP contribution in [0.25, 0.3) is 11.0 Å². The minimum absolute atomic E-state index is 0.577. The minimum Gasteiger partial charge on any atom is -0.328 e. The second kappa shape index (κ2) is 6.58. The van der Waals surface area contributed by atoms with Crippen LogP contribution in [0, 0.1) is 0 Å². The fourth-order valence-corrected chi connectivity index (χ4v) is 2.93. The summed E-state index contributed by atoms with van der Waals surface area (Å²) < 4.78 is 5.15. The zero-order valence-electron chi connectivity index (χ0n) is 11.4. The topological polar surface area (TPSA) is 48.5 Å². The van der Waals surface area contributed by atoms with E-state index < -0.39 is 0 Å². The first-order valence-corrected chi connectivity index (χ1v) is 8.15. The molecule has 0 aliphatic rings. The Morgan fingerprint density at radius 2 is 2.14 bits per heavy atom. The highest BCUT2D eigenvalue weighted by atomic mass is 79.9. The summed E-state index contributed by atoms with van der Waals surface area (Å²) in [7, 11) is 0. The quantitative estimate of drug-likeness (QED) is 0.627. The lowest BCUT2D eigenvalue weighted by molar-refractivity contribution is 0.512. The van der Waals surface area contributed by atoms with Crippen LogP contribution in [0.4, 0.5) is 0 Å². The third kappa shape index (κ3) is 3.27. The average molecular weight is 369 g/mol. The van der Waals surface area contributed by atoms with E-state index >= 15 is 0 Å². The molecule has 0 spiro atoms. The molecule has 3 rings (SSSR count). The molecule has 0 atom stereocenters. The Morgan fingerprint density at radius 1 is 1.24 bits per heavy atom. The van der Waals surface area contributed by atoms with Crippen molar-refractivity contribution in [3.05, 3.63) is 40.9 Å². The number of hydrogen-bond donors (Lipinski definition) is 0. The first-order chi connectivity index (χ1) is 10.3. The Kier molecular flexibility index (Phi) is 4.55. The highest BCUT2D eigenvalue weighted by molar-refractivity contribution is 9.10. The van der Waals surface area contributed by atoms with E-state index in [1.54, 1.807) is 6.20 Å². The van der Waals surface area contributed by atoms with Crippen LogP contribution >= 0.6 is 27.5 Å². The van der Waals surface area contributed by atoms with Gasteiger partial charge < -0.3 is 4.57 Å². The Morgan fingerprint density at radius 3 is 2.90 bits per heavy atom. The van der Waals surface area contributed by atoms with Crippen molar-refractivity contribution in [3.63, 3.8) is 0 Å². The van der Waals surface area contributed by atoms with Crippen molar-refractivity contribution in [3.8, 4) is 0 Å². The maximum Gasteiger partial charge on any atom is 0.111 e. The van der Waals surface area contributed by atoms with Gasteiger partial charge in [0.2, 0.25) is 0 Å². The number of imidazole rings is 1. The molecule has 2 heterocycles. The number of benzene rings is 1. The van der Waals surface area contributed by atoms with Crippen molar-refractivity contribution in [1.82, 2.24) is 24.5 Å². The fraction of sp³-hybridized carbons (Fsp3) is 0.357. The van der Waals surface area contributed by atoms with E-state index in [4.69, 9.17) is 11.6 Å². The van der Waals surface area contributed by atoms with Crippen LogP contribution in [0.15, 0.2) is 35.1 Å². The van der Waals surface area contributed by atoms with E-state index in [9.17, 15) is 0 Å². The number of rotatable bonds is 6. The van der Waals surface area contributed by atoms with Crippen LogP contribution < -0.4 is 0 Å². The van der Waals surface area contributed by atoms with Crippen LogP contribution in [0.3, 0.4) is 0 Å². The SMILES string of the molecule is ClCCc1nc2ccc(Br)cc2n1CCCn1ccnn1. The summed E-state index contributed by atoms with van der Waals surface area (Å²) in [5, 5.41) is 7.80. The summed E-state index contributed by atoms with van der Waals surface area (Å²) in [5.74, 6) is 1.62. The van der Waals surface area contributed by atoms with Gasteiger partial charge in [-0.1, -0.05) is 21.1 Å². The highest BCUT2D eigenvalue weighted by Gasteiger charge is 2.10. The second-order valence-electron chi connectivity index (χ2n) is 4.77. The lowest BCUT2D eigenvalue weighted by Gasteiger charge is -2.08. The molecule has 5 nitrogen and oxygen atoms in total.